The predicted molar refractivity (Wildman–Crippen MR) is 83.2 cm³/mol. The van der Waals surface area contributed by atoms with E-state index >= 15 is 0 Å². The van der Waals surface area contributed by atoms with Crippen molar-refractivity contribution in [3.63, 3.8) is 0 Å². The van der Waals surface area contributed by atoms with E-state index in [1.165, 1.54) is 20.1 Å². The molecule has 0 saturated heterocycles. The third-order valence-corrected chi connectivity index (χ3v) is 3.07. The van der Waals surface area contributed by atoms with Crippen LogP contribution in [-0.2, 0) is 11.2 Å². The van der Waals surface area contributed by atoms with Crippen LogP contribution in [0.1, 0.15) is 22.8 Å². The van der Waals surface area contributed by atoms with Gasteiger partial charge in [-0.05, 0) is 25.1 Å². The molecule has 0 unspecified atom stereocenters. The third-order valence-electron chi connectivity index (χ3n) is 3.07. The van der Waals surface area contributed by atoms with Crippen LogP contribution in [0.3, 0.4) is 0 Å². The average Bonchev–Trinajstić information content (AvgIpc) is 2.49. The molecule has 0 aliphatic rings. The number of methoxy groups -OCH3 is 1. The van der Waals surface area contributed by atoms with Crippen molar-refractivity contribution >= 4 is 17.4 Å². The molecule has 22 heavy (non-hydrogen) atoms. The van der Waals surface area contributed by atoms with E-state index in [1.807, 2.05) is 6.07 Å². The normalized spacial score (nSPS) is 10.1. The number of carbonyl (C=O) groups excluding carboxylic acids is 2. The Balaban J connectivity index is 2.33. The van der Waals surface area contributed by atoms with Gasteiger partial charge in [-0.2, -0.15) is 0 Å². The zero-order chi connectivity index (χ0) is 16.1. The summed E-state index contributed by atoms with van der Waals surface area (Å²) in [5, 5.41) is 0. The molecule has 0 heterocycles. The summed E-state index contributed by atoms with van der Waals surface area (Å²) in [4.78, 5) is 23.6. The molecule has 0 aromatic heterocycles. The Morgan fingerprint density at radius 3 is 2.41 bits per heavy atom. The van der Waals surface area contributed by atoms with Gasteiger partial charge in [0.2, 0.25) is 0 Å². The maximum atomic E-state index is 12.2. The second kappa shape index (κ2) is 6.76. The lowest BCUT2D eigenvalue weighted by Gasteiger charge is -2.12. The number of ketones is 1. The Labute approximate surface area is 128 Å². The van der Waals surface area contributed by atoms with Crippen LogP contribution in [0.2, 0.25) is 0 Å². The highest BCUT2D eigenvalue weighted by Gasteiger charge is 2.17. The molecule has 2 aromatic rings. The van der Waals surface area contributed by atoms with Gasteiger partial charge in [0, 0.05) is 23.7 Å². The summed E-state index contributed by atoms with van der Waals surface area (Å²) in [5.74, 6) is 0.293. The van der Waals surface area contributed by atoms with E-state index in [1.54, 1.807) is 30.3 Å². The molecular formula is C17H17NO4. The highest BCUT2D eigenvalue weighted by molar-refractivity contribution is 5.97. The number of para-hydroxylation sites is 1. The van der Waals surface area contributed by atoms with E-state index < -0.39 is 5.97 Å². The summed E-state index contributed by atoms with van der Waals surface area (Å²) in [7, 11) is 1.49. The quantitative estimate of drug-likeness (QED) is 0.521. The summed E-state index contributed by atoms with van der Waals surface area (Å²) < 4.78 is 10.5. The number of carbonyl (C=O) groups is 2. The van der Waals surface area contributed by atoms with Gasteiger partial charge in [0.05, 0.1) is 12.7 Å². The molecule has 0 aliphatic carbocycles. The Bertz CT molecular complexity index is 695. The molecule has 0 atom stereocenters. The second-order valence-corrected chi connectivity index (χ2v) is 4.83. The summed E-state index contributed by atoms with van der Waals surface area (Å²) in [6.45, 7) is 1.47. The fraction of sp³-hybridized carbons (Fsp3) is 0.176. The topological polar surface area (TPSA) is 78.6 Å². The minimum atomic E-state index is -0.573. The molecule has 2 aromatic carbocycles. The van der Waals surface area contributed by atoms with E-state index in [9.17, 15) is 9.59 Å². The fourth-order valence-electron chi connectivity index (χ4n) is 2.06. The smallest absolute Gasteiger partial charge is 0.345 e. The number of nitrogen functional groups attached to an aromatic ring is 1. The molecule has 2 N–H and O–H groups in total. The lowest BCUT2D eigenvalue weighted by atomic mass is 10.0. The molecule has 0 spiro atoms. The molecular weight excluding hydrogens is 282 g/mol. The lowest BCUT2D eigenvalue weighted by molar-refractivity contribution is -0.116. The van der Waals surface area contributed by atoms with Crippen molar-refractivity contribution in [3.05, 3.63) is 53.6 Å². The van der Waals surface area contributed by atoms with Gasteiger partial charge in [-0.25, -0.2) is 4.79 Å². The largest absolute Gasteiger partial charge is 0.496 e. The molecule has 0 amide bonds. The van der Waals surface area contributed by atoms with Crippen LogP contribution in [0.5, 0.6) is 11.5 Å². The number of esters is 1. The predicted octanol–water partition coefficient (Wildman–Crippen LogP) is 2.63. The van der Waals surface area contributed by atoms with Crippen molar-refractivity contribution in [1.29, 1.82) is 0 Å². The number of Topliss-reactive ketones (excluding diaryl/α,β-unsaturated/α-hetero) is 1. The minimum absolute atomic E-state index is 0.0366. The SMILES string of the molecule is COc1cc(N)c(C(=O)Oc2ccccc2)cc1CC(C)=O. The maximum absolute atomic E-state index is 12.2. The minimum Gasteiger partial charge on any atom is -0.496 e. The Hall–Kier alpha value is -2.82. The van der Waals surface area contributed by atoms with Gasteiger partial charge in [-0.3, -0.25) is 4.79 Å². The number of hydrogen-bond acceptors (Lipinski definition) is 5. The van der Waals surface area contributed by atoms with Crippen LogP contribution >= 0.6 is 0 Å². The van der Waals surface area contributed by atoms with Crippen LogP contribution in [0.25, 0.3) is 0 Å². The van der Waals surface area contributed by atoms with Gasteiger partial charge in [0.15, 0.2) is 0 Å². The van der Waals surface area contributed by atoms with E-state index in [4.69, 9.17) is 15.2 Å². The van der Waals surface area contributed by atoms with E-state index in [0.717, 1.165) is 0 Å². The van der Waals surface area contributed by atoms with Crippen LogP contribution in [0.4, 0.5) is 5.69 Å². The highest BCUT2D eigenvalue weighted by Crippen LogP contribution is 2.27. The average molecular weight is 299 g/mol. The summed E-state index contributed by atoms with van der Waals surface area (Å²) in [6, 6.07) is 11.8. The second-order valence-electron chi connectivity index (χ2n) is 4.83. The van der Waals surface area contributed by atoms with Crippen LogP contribution in [0.15, 0.2) is 42.5 Å². The van der Waals surface area contributed by atoms with Crippen LogP contribution < -0.4 is 15.2 Å². The first-order valence-electron chi connectivity index (χ1n) is 6.74. The van der Waals surface area contributed by atoms with Gasteiger partial charge >= 0.3 is 5.97 Å². The zero-order valence-corrected chi connectivity index (χ0v) is 12.5. The standard InChI is InChI=1S/C17H17NO4/c1-11(19)8-12-9-14(15(18)10-16(12)21-2)17(20)22-13-6-4-3-5-7-13/h3-7,9-10H,8,18H2,1-2H3. The van der Waals surface area contributed by atoms with E-state index in [2.05, 4.69) is 0 Å². The number of hydrogen-bond donors (Lipinski definition) is 1. The van der Waals surface area contributed by atoms with Gasteiger partial charge in [0.25, 0.3) is 0 Å². The summed E-state index contributed by atoms with van der Waals surface area (Å²) in [6.07, 6.45) is 0.162. The number of nitrogens with two attached hydrogens (primary N) is 1. The number of ether oxygens (including phenoxy) is 2. The molecule has 0 bridgehead atoms. The molecule has 5 heteroatoms. The molecule has 0 aliphatic heterocycles. The number of benzene rings is 2. The van der Waals surface area contributed by atoms with Gasteiger partial charge in [-0.15, -0.1) is 0 Å². The number of anilines is 1. The fourth-order valence-corrected chi connectivity index (χ4v) is 2.06. The molecule has 2 rings (SSSR count). The Morgan fingerprint density at radius 2 is 1.82 bits per heavy atom. The van der Waals surface area contributed by atoms with Gasteiger partial charge < -0.3 is 15.2 Å². The first-order chi connectivity index (χ1) is 10.5. The molecule has 0 saturated carbocycles. The highest BCUT2D eigenvalue weighted by atomic mass is 16.5. The third kappa shape index (κ3) is 3.63. The first kappa shape index (κ1) is 15.6. The molecule has 5 nitrogen and oxygen atoms in total. The van der Waals surface area contributed by atoms with Crippen molar-refractivity contribution < 1.29 is 19.1 Å². The molecule has 0 radical (unpaired) electrons. The Morgan fingerprint density at radius 1 is 1.14 bits per heavy atom. The van der Waals surface area contributed by atoms with Crippen molar-refractivity contribution in [2.75, 3.05) is 12.8 Å². The monoisotopic (exact) mass is 299 g/mol. The van der Waals surface area contributed by atoms with E-state index in [-0.39, 0.29) is 23.5 Å². The molecule has 0 fully saturated rings. The Kier molecular flexibility index (Phi) is 4.78. The van der Waals surface area contributed by atoms with Crippen LogP contribution in [-0.4, -0.2) is 18.9 Å². The summed E-state index contributed by atoms with van der Waals surface area (Å²) >= 11 is 0. The summed E-state index contributed by atoms with van der Waals surface area (Å²) in [5.41, 5.74) is 6.94. The zero-order valence-electron chi connectivity index (χ0n) is 12.5. The maximum Gasteiger partial charge on any atom is 0.345 e. The van der Waals surface area contributed by atoms with Gasteiger partial charge in [-0.1, -0.05) is 18.2 Å². The van der Waals surface area contributed by atoms with E-state index in [0.29, 0.717) is 17.1 Å². The lowest BCUT2D eigenvalue weighted by Crippen LogP contribution is -2.13. The van der Waals surface area contributed by atoms with Crippen LogP contribution in [0, 0.1) is 0 Å². The van der Waals surface area contributed by atoms with Crippen molar-refractivity contribution in [3.8, 4) is 11.5 Å². The number of rotatable bonds is 5. The van der Waals surface area contributed by atoms with Crippen molar-refractivity contribution in [2.24, 2.45) is 0 Å². The van der Waals surface area contributed by atoms with Crippen molar-refractivity contribution in [2.45, 2.75) is 13.3 Å². The first-order valence-corrected chi connectivity index (χ1v) is 6.74. The van der Waals surface area contributed by atoms with Gasteiger partial charge in [0.1, 0.15) is 17.3 Å². The van der Waals surface area contributed by atoms with Crippen molar-refractivity contribution in [1.82, 2.24) is 0 Å². The molecule has 114 valence electrons.